The number of carbonyl (C=O) groups is 9. The molecule has 20 nitrogen and oxygen atoms in total. The van der Waals surface area contributed by atoms with E-state index in [9.17, 15) is 53.4 Å². The van der Waals surface area contributed by atoms with Gasteiger partial charge >= 0.3 is 11.9 Å². The summed E-state index contributed by atoms with van der Waals surface area (Å²) in [7, 11) is 2.84. The minimum atomic E-state index is -1.72. The first-order chi connectivity index (χ1) is 33.5. The van der Waals surface area contributed by atoms with Gasteiger partial charge in [-0.3, -0.25) is 33.6 Å². The Kier molecular flexibility index (Phi) is 27.8. The molecule has 0 saturated heterocycles. The topological polar surface area (TPSA) is 302 Å². The lowest BCUT2D eigenvalue weighted by molar-refractivity contribution is -0.158. The van der Waals surface area contributed by atoms with E-state index in [0.29, 0.717) is 24.2 Å². The molecule has 1 aromatic rings. The van der Waals surface area contributed by atoms with Crippen molar-refractivity contribution in [1.29, 1.82) is 0 Å². The number of hydrogen-bond acceptors (Lipinski definition) is 13. The Morgan fingerprint density at radius 1 is 0.750 bits per heavy atom. The van der Waals surface area contributed by atoms with Crippen LogP contribution in [-0.2, 0) is 54.3 Å². The first kappa shape index (κ1) is 64.4. The third-order valence-electron chi connectivity index (χ3n) is 12.6. The van der Waals surface area contributed by atoms with Gasteiger partial charge in [-0.05, 0) is 88.8 Å². The molecule has 0 radical (unpaired) electrons. The van der Waals surface area contributed by atoms with E-state index in [1.807, 2.05) is 27.7 Å². The first-order valence-electron chi connectivity index (χ1n) is 25.3. The molecule has 0 fully saturated rings. The molecule has 1 aromatic carbocycles. The van der Waals surface area contributed by atoms with Gasteiger partial charge in [-0.15, -0.1) is 0 Å². The van der Waals surface area contributed by atoms with Gasteiger partial charge < -0.3 is 56.9 Å². The van der Waals surface area contributed by atoms with Crippen molar-refractivity contribution in [2.24, 2.45) is 35.3 Å². The fourth-order valence-corrected chi connectivity index (χ4v) is 7.53. The second-order valence-corrected chi connectivity index (χ2v) is 20.6. The number of aliphatic hydroxyl groups is 1. The molecule has 10 atom stereocenters. The third kappa shape index (κ3) is 22.0. The number of hydrogen-bond donors (Lipinski definition) is 8. The van der Waals surface area contributed by atoms with Crippen LogP contribution in [0.3, 0.4) is 0 Å². The lowest BCUT2D eigenvalue weighted by Crippen LogP contribution is -2.60. The number of likely N-dealkylation sites (N-methyl/N-ethyl adjacent to an activating group) is 1. The predicted molar refractivity (Wildman–Crippen MR) is 272 cm³/mol. The summed E-state index contributed by atoms with van der Waals surface area (Å²) in [4.78, 5) is 124. The minimum Gasteiger partial charge on any atom is -0.488 e. The molecule has 0 aliphatic heterocycles. The van der Waals surface area contributed by atoms with E-state index in [0.717, 1.165) is 0 Å². The highest BCUT2D eigenvalue weighted by molar-refractivity contribution is 5.96. The maximum Gasteiger partial charge on any atom is 0.329 e. The van der Waals surface area contributed by atoms with Crippen LogP contribution in [0.5, 0.6) is 5.75 Å². The van der Waals surface area contributed by atoms with E-state index in [4.69, 9.17) is 15.2 Å². The molecule has 0 unspecified atom stereocenters. The number of carboxylic acid groups (broad SMARTS) is 1. The van der Waals surface area contributed by atoms with E-state index in [-0.39, 0.29) is 63.3 Å². The van der Waals surface area contributed by atoms with Gasteiger partial charge in [-0.1, -0.05) is 80.4 Å². The highest BCUT2D eigenvalue weighted by Crippen LogP contribution is 2.23. The number of aliphatic hydroxyl groups excluding tert-OH is 1. The zero-order chi connectivity index (χ0) is 55.2. The van der Waals surface area contributed by atoms with Crippen LogP contribution in [0.25, 0.3) is 0 Å². The summed E-state index contributed by atoms with van der Waals surface area (Å²) in [6.45, 7) is 20.7. The molecule has 0 aromatic heterocycles. The number of esters is 1. The Balaban J connectivity index is 3.84. The summed E-state index contributed by atoms with van der Waals surface area (Å²) < 4.78 is 11.9. The van der Waals surface area contributed by atoms with Gasteiger partial charge in [0.25, 0.3) is 0 Å². The quantitative estimate of drug-likeness (QED) is 0.0481. The second kappa shape index (κ2) is 31.1. The van der Waals surface area contributed by atoms with Crippen LogP contribution >= 0.6 is 0 Å². The van der Waals surface area contributed by atoms with E-state index >= 15 is 0 Å². The number of ether oxygens (including phenoxy) is 2. The normalized spacial score (nSPS) is 15.8. The fraction of sp³-hybridized carbons (Fsp3) is 0.712. The maximum absolute atomic E-state index is 14.8. The maximum atomic E-state index is 14.8. The number of benzene rings is 1. The summed E-state index contributed by atoms with van der Waals surface area (Å²) in [5, 5.41) is 32.4. The number of nitrogens with zero attached hydrogens (tertiary/aromatic N) is 1. The smallest absolute Gasteiger partial charge is 0.329 e. The van der Waals surface area contributed by atoms with Crippen molar-refractivity contribution in [3.05, 3.63) is 29.8 Å². The van der Waals surface area contributed by atoms with Crippen molar-refractivity contribution in [3.63, 3.8) is 0 Å². The van der Waals surface area contributed by atoms with Gasteiger partial charge in [-0.25, -0.2) is 9.59 Å². The Bertz CT molecular complexity index is 1950. The average Bonchev–Trinajstić information content (AvgIpc) is 3.31. The lowest BCUT2D eigenvalue weighted by Gasteiger charge is -2.35. The van der Waals surface area contributed by atoms with Gasteiger partial charge in [0.2, 0.25) is 35.4 Å². The number of rotatable bonds is 32. The van der Waals surface area contributed by atoms with Gasteiger partial charge in [0.05, 0.1) is 6.04 Å². The van der Waals surface area contributed by atoms with Crippen LogP contribution in [-0.4, -0.2) is 137 Å². The highest BCUT2D eigenvalue weighted by atomic mass is 16.5. The lowest BCUT2D eigenvalue weighted by atomic mass is 9.91. The molecule has 0 bridgehead atoms. The summed E-state index contributed by atoms with van der Waals surface area (Å²) in [6.07, 6.45) is -0.789. The Hall–Kier alpha value is -5.63. The van der Waals surface area contributed by atoms with Crippen molar-refractivity contribution in [3.8, 4) is 5.75 Å². The summed E-state index contributed by atoms with van der Waals surface area (Å²) in [5.41, 5.74) is 6.22. The first-order valence-corrected chi connectivity index (χ1v) is 25.3. The number of aliphatic carboxylic acids is 1. The molecular weight excluding hydrogens is 931 g/mol. The zero-order valence-corrected chi connectivity index (χ0v) is 45.2. The zero-order valence-electron chi connectivity index (χ0n) is 45.2. The number of carboxylic acids is 1. The summed E-state index contributed by atoms with van der Waals surface area (Å²) in [5.74, 6) is -9.02. The van der Waals surface area contributed by atoms with Gasteiger partial charge in [0, 0.05) is 51.8 Å². The molecule has 20 heteroatoms. The summed E-state index contributed by atoms with van der Waals surface area (Å²) >= 11 is 0. The van der Waals surface area contributed by atoms with Gasteiger partial charge in [0.15, 0.2) is 0 Å². The number of Topliss-reactive ketones (excluding diaryl/α,β-unsaturated/α-hetero) is 1. The van der Waals surface area contributed by atoms with Crippen LogP contribution in [0.2, 0.25) is 0 Å². The molecule has 0 spiro atoms. The van der Waals surface area contributed by atoms with E-state index in [1.54, 1.807) is 72.7 Å². The van der Waals surface area contributed by atoms with Crippen molar-refractivity contribution >= 4 is 53.2 Å². The summed E-state index contributed by atoms with van der Waals surface area (Å²) in [6, 6.07) is -0.984. The van der Waals surface area contributed by atoms with Crippen LogP contribution in [0.4, 0.5) is 0 Å². The second-order valence-electron chi connectivity index (χ2n) is 20.6. The Morgan fingerprint density at radius 2 is 1.31 bits per heavy atom. The molecule has 9 N–H and O–H groups in total. The van der Waals surface area contributed by atoms with Crippen molar-refractivity contribution < 1.29 is 62.8 Å². The number of nitrogens with two attached hydrogens (primary N) is 1. The standard InChI is InChI=1S/C52H87N7O13/c1-15-31(7)42(56-46(64)37(53)18-17-25-60)49(67)59(14)39(27-34-19-22-36(23-20-34)72-52(10,11)12)47(65)57-43(32(8)16-2)51(70)71-33(9)44(48(66)55-38(50(68)69)26-29(3)4)58-45(63)35(21-24-41(62)54-13)28-40(61)30(5)6/h19-20,22-23,29-33,35,37-39,42-44,60H,15-18,21,24-28,53H2,1-14H3,(H,54,62)(H,55,66)(H,56,64)(H,57,65)(H,58,63)(H,68,69)/t31-,32-,33+,35+,37-,38-,39-,42-,43-,44-/m0/s1. The molecule has 0 saturated carbocycles. The number of carbonyl (C=O) groups excluding carboxylic acids is 8. The predicted octanol–water partition coefficient (Wildman–Crippen LogP) is 3.18. The van der Waals surface area contributed by atoms with E-state index in [2.05, 4.69) is 26.6 Å². The average molecular weight is 1020 g/mol. The Morgan fingerprint density at radius 3 is 1.81 bits per heavy atom. The van der Waals surface area contributed by atoms with Crippen molar-refractivity contribution in [1.82, 2.24) is 31.5 Å². The van der Waals surface area contributed by atoms with Crippen molar-refractivity contribution in [2.75, 3.05) is 20.7 Å². The van der Waals surface area contributed by atoms with Crippen LogP contribution in [0, 0.1) is 29.6 Å². The monoisotopic (exact) mass is 1020 g/mol. The highest BCUT2D eigenvalue weighted by Gasteiger charge is 2.40. The van der Waals surface area contributed by atoms with Crippen LogP contribution in [0.15, 0.2) is 24.3 Å². The van der Waals surface area contributed by atoms with E-state index < -0.39 is 119 Å². The molecule has 6 amide bonds. The fourth-order valence-electron chi connectivity index (χ4n) is 7.53. The minimum absolute atomic E-state index is 0.0191. The number of nitrogens with one attached hydrogen (secondary N) is 5. The molecule has 0 aliphatic rings. The Labute approximate surface area is 426 Å². The molecule has 0 heterocycles. The van der Waals surface area contributed by atoms with Crippen LogP contribution in [0.1, 0.15) is 140 Å². The molecule has 0 aliphatic carbocycles. The molecule has 72 heavy (non-hydrogen) atoms. The molecule has 408 valence electrons. The molecule has 1 rings (SSSR count). The van der Waals surface area contributed by atoms with Crippen molar-refractivity contribution in [2.45, 2.75) is 189 Å². The third-order valence-corrected chi connectivity index (χ3v) is 12.6. The molecular formula is C52H87N7O13. The number of ketones is 1. The van der Waals surface area contributed by atoms with Crippen LogP contribution < -0.4 is 37.1 Å². The largest absolute Gasteiger partial charge is 0.488 e. The van der Waals surface area contributed by atoms with Gasteiger partial charge in [-0.2, -0.15) is 0 Å². The number of amides is 6. The SMILES string of the molecule is CC[C@H](C)[C@H](NC(=O)[C@H](Cc1ccc(OC(C)(C)C)cc1)N(C)C(=O)[C@@H](NC(=O)[C@@H](N)CCCO)[C@@H](C)CC)C(=O)O[C@H](C)[C@H](NC(=O)[C@H](CCC(=O)NC)CC(=O)C(C)C)C(=O)N[C@@H](CC(C)C)C(=O)O. The van der Waals surface area contributed by atoms with Gasteiger partial charge in [0.1, 0.15) is 53.4 Å². The van der Waals surface area contributed by atoms with E-state index in [1.165, 1.54) is 25.9 Å².